The van der Waals surface area contributed by atoms with Crippen molar-refractivity contribution in [3.05, 3.63) is 35.6 Å². The van der Waals surface area contributed by atoms with E-state index >= 15 is 0 Å². The molecule has 1 aromatic rings. The zero-order chi connectivity index (χ0) is 11.4. The number of hydrogen-bond donors (Lipinski definition) is 2. The summed E-state index contributed by atoms with van der Waals surface area (Å²) in [5.41, 5.74) is 10.6. The number of nitrogens with one attached hydrogen (secondary N) is 1. The van der Waals surface area contributed by atoms with Crippen molar-refractivity contribution in [1.82, 2.24) is 4.98 Å². The van der Waals surface area contributed by atoms with Crippen LogP contribution >= 0.6 is 0 Å². The van der Waals surface area contributed by atoms with Crippen LogP contribution in [0.4, 0.5) is 5.82 Å². The van der Waals surface area contributed by atoms with Gasteiger partial charge in [0.15, 0.2) is 0 Å². The van der Waals surface area contributed by atoms with E-state index in [2.05, 4.69) is 32.3 Å². The fourth-order valence-electron chi connectivity index (χ4n) is 1.67. The zero-order valence-electron chi connectivity index (χ0n) is 9.85. The van der Waals surface area contributed by atoms with Crippen molar-refractivity contribution in [2.24, 2.45) is 0 Å². The Kier molecular flexibility index (Phi) is 3.78. The zero-order valence-corrected chi connectivity index (χ0v) is 9.85. The number of nitrogens with two attached hydrogens (primary N) is 1. The van der Waals surface area contributed by atoms with Crippen molar-refractivity contribution in [3.8, 4) is 0 Å². The van der Waals surface area contributed by atoms with Crippen LogP contribution in [0, 0.1) is 0 Å². The third kappa shape index (κ3) is 2.52. The number of allylic oxidation sites excluding steroid dienone is 3. The summed E-state index contributed by atoms with van der Waals surface area (Å²) in [5, 5.41) is 0. The van der Waals surface area contributed by atoms with E-state index in [0.717, 1.165) is 24.2 Å². The van der Waals surface area contributed by atoms with E-state index in [4.69, 9.17) is 5.73 Å². The van der Waals surface area contributed by atoms with Gasteiger partial charge in [-0.2, -0.15) is 0 Å². The number of rotatable bonds is 4. The molecule has 0 radical (unpaired) electrons. The lowest BCUT2D eigenvalue weighted by Gasteiger charge is -2.09. The van der Waals surface area contributed by atoms with Crippen LogP contribution in [0.1, 0.15) is 39.2 Å². The highest BCUT2D eigenvalue weighted by atomic mass is 14.8. The third-order valence-corrected chi connectivity index (χ3v) is 2.83. The highest BCUT2D eigenvalue weighted by Crippen LogP contribution is 2.27. The molecule has 2 heteroatoms. The van der Waals surface area contributed by atoms with Crippen molar-refractivity contribution in [1.29, 1.82) is 0 Å². The molecule has 0 saturated carbocycles. The van der Waals surface area contributed by atoms with Gasteiger partial charge in [-0.05, 0) is 37.5 Å². The molecule has 0 fully saturated rings. The van der Waals surface area contributed by atoms with Crippen molar-refractivity contribution in [2.45, 2.75) is 33.6 Å². The molecule has 15 heavy (non-hydrogen) atoms. The Morgan fingerprint density at radius 3 is 2.60 bits per heavy atom. The second kappa shape index (κ2) is 4.87. The van der Waals surface area contributed by atoms with Crippen LogP contribution in [0.15, 0.2) is 30.0 Å². The van der Waals surface area contributed by atoms with E-state index in [1.807, 2.05) is 12.3 Å². The molecule has 0 unspecified atom stereocenters. The molecule has 3 N–H and O–H groups in total. The van der Waals surface area contributed by atoms with Gasteiger partial charge >= 0.3 is 0 Å². The Hall–Kier alpha value is -1.44. The van der Waals surface area contributed by atoms with Crippen LogP contribution in [0.3, 0.4) is 0 Å². The van der Waals surface area contributed by atoms with E-state index in [-0.39, 0.29) is 0 Å². The Labute approximate surface area is 91.9 Å². The van der Waals surface area contributed by atoms with Crippen LogP contribution in [0.25, 0.3) is 5.57 Å². The average molecular weight is 204 g/mol. The van der Waals surface area contributed by atoms with E-state index in [1.54, 1.807) is 0 Å². The highest BCUT2D eigenvalue weighted by Gasteiger charge is 2.07. The van der Waals surface area contributed by atoms with Gasteiger partial charge < -0.3 is 10.7 Å². The van der Waals surface area contributed by atoms with Crippen LogP contribution in [0.2, 0.25) is 0 Å². The Bertz CT molecular complexity index is 383. The molecule has 2 nitrogen and oxygen atoms in total. The van der Waals surface area contributed by atoms with Gasteiger partial charge in [0.05, 0.1) is 0 Å². The number of anilines is 1. The van der Waals surface area contributed by atoms with Crippen LogP contribution < -0.4 is 5.73 Å². The molecule has 0 aromatic carbocycles. The molecule has 0 saturated heterocycles. The number of aromatic nitrogens is 1. The lowest BCUT2D eigenvalue weighted by Crippen LogP contribution is -1.93. The fourth-order valence-corrected chi connectivity index (χ4v) is 1.67. The first-order chi connectivity index (χ1) is 7.07. The maximum atomic E-state index is 5.83. The molecular formula is C13H20N2. The third-order valence-electron chi connectivity index (χ3n) is 2.83. The van der Waals surface area contributed by atoms with Crippen molar-refractivity contribution in [2.75, 3.05) is 5.73 Å². The average Bonchev–Trinajstić information content (AvgIpc) is 2.62. The van der Waals surface area contributed by atoms with Crippen LogP contribution in [-0.2, 0) is 0 Å². The minimum atomic E-state index is 0.733. The maximum Gasteiger partial charge on any atom is 0.108 e. The van der Waals surface area contributed by atoms with Crippen molar-refractivity contribution >= 4 is 11.4 Å². The summed E-state index contributed by atoms with van der Waals surface area (Å²) in [6.45, 7) is 10.5. The Balaban J connectivity index is 3.00. The summed E-state index contributed by atoms with van der Waals surface area (Å²) in [7, 11) is 0. The summed E-state index contributed by atoms with van der Waals surface area (Å²) in [6, 6.07) is 2.01. The highest BCUT2D eigenvalue weighted by molar-refractivity contribution is 5.76. The van der Waals surface area contributed by atoms with Gasteiger partial charge in [0.1, 0.15) is 5.82 Å². The van der Waals surface area contributed by atoms with Crippen LogP contribution in [0.5, 0.6) is 0 Å². The normalized spacial score (nSPS) is 12.5. The number of aromatic amines is 1. The standard InChI is InChI=1S/C13H20N2/c1-5-6-9(2)10(3)11(4)12-7-8-15-13(12)14/h7-8,15H,2,5-6,14H2,1,3-4H3/b11-10+. The predicted octanol–water partition coefficient (Wildman–Crippen LogP) is 3.75. The molecular weight excluding hydrogens is 184 g/mol. The first-order valence-corrected chi connectivity index (χ1v) is 5.36. The molecule has 0 spiro atoms. The smallest absolute Gasteiger partial charge is 0.108 e. The topological polar surface area (TPSA) is 41.8 Å². The molecule has 0 atom stereocenters. The van der Waals surface area contributed by atoms with Crippen molar-refractivity contribution in [3.63, 3.8) is 0 Å². The summed E-state index contributed by atoms with van der Waals surface area (Å²) in [6.07, 6.45) is 4.05. The Morgan fingerprint density at radius 2 is 2.13 bits per heavy atom. The monoisotopic (exact) mass is 204 g/mol. The molecule has 0 aliphatic heterocycles. The molecule has 82 valence electrons. The van der Waals surface area contributed by atoms with E-state index in [1.165, 1.54) is 16.7 Å². The number of H-pyrrole nitrogens is 1. The molecule has 1 rings (SSSR count). The molecule has 1 aromatic heterocycles. The quantitative estimate of drug-likeness (QED) is 0.721. The number of nitrogen functional groups attached to an aromatic ring is 1. The summed E-state index contributed by atoms with van der Waals surface area (Å²) >= 11 is 0. The van der Waals surface area contributed by atoms with E-state index < -0.39 is 0 Å². The van der Waals surface area contributed by atoms with Gasteiger partial charge in [0.25, 0.3) is 0 Å². The lowest BCUT2D eigenvalue weighted by molar-refractivity contribution is 0.915. The summed E-state index contributed by atoms with van der Waals surface area (Å²) < 4.78 is 0. The van der Waals surface area contributed by atoms with Gasteiger partial charge in [0.2, 0.25) is 0 Å². The molecule has 0 bridgehead atoms. The van der Waals surface area contributed by atoms with Gasteiger partial charge in [-0.1, -0.05) is 25.5 Å². The van der Waals surface area contributed by atoms with Gasteiger partial charge in [0, 0.05) is 11.8 Å². The van der Waals surface area contributed by atoms with Gasteiger partial charge in [-0.15, -0.1) is 0 Å². The fraction of sp³-hybridized carbons (Fsp3) is 0.385. The molecule has 1 heterocycles. The lowest BCUT2D eigenvalue weighted by atomic mass is 9.96. The second-order valence-electron chi connectivity index (χ2n) is 3.91. The van der Waals surface area contributed by atoms with Crippen molar-refractivity contribution < 1.29 is 0 Å². The minimum absolute atomic E-state index is 0.733. The molecule has 0 aliphatic rings. The molecule has 0 aliphatic carbocycles. The van der Waals surface area contributed by atoms with Crippen LogP contribution in [-0.4, -0.2) is 4.98 Å². The number of hydrogen-bond acceptors (Lipinski definition) is 1. The van der Waals surface area contributed by atoms with E-state index in [9.17, 15) is 0 Å². The van der Waals surface area contributed by atoms with Gasteiger partial charge in [-0.3, -0.25) is 0 Å². The second-order valence-corrected chi connectivity index (χ2v) is 3.91. The predicted molar refractivity (Wildman–Crippen MR) is 67.5 cm³/mol. The van der Waals surface area contributed by atoms with Gasteiger partial charge in [-0.25, -0.2) is 0 Å². The Morgan fingerprint density at radius 1 is 1.47 bits per heavy atom. The summed E-state index contributed by atoms with van der Waals surface area (Å²) in [5.74, 6) is 0.733. The minimum Gasteiger partial charge on any atom is -0.385 e. The first kappa shape index (κ1) is 11.6. The largest absolute Gasteiger partial charge is 0.385 e. The maximum absolute atomic E-state index is 5.83. The first-order valence-electron chi connectivity index (χ1n) is 5.36. The molecule has 0 amide bonds. The van der Waals surface area contributed by atoms with E-state index in [0.29, 0.717) is 0 Å². The summed E-state index contributed by atoms with van der Waals surface area (Å²) in [4.78, 5) is 2.99. The SMILES string of the molecule is C=C(CCC)/C(C)=C(\C)c1cc[nH]c1N.